The first-order valence-corrected chi connectivity index (χ1v) is 33.3. The molecule has 17 unspecified atom stereocenters. The van der Waals surface area contributed by atoms with E-state index in [0.717, 1.165) is 44.9 Å². The minimum Gasteiger partial charge on any atom is -0.394 e. The summed E-state index contributed by atoms with van der Waals surface area (Å²) in [5.74, 6) is -0.237. The molecule has 3 saturated heterocycles. The molecular formula is C63H121NO18. The van der Waals surface area contributed by atoms with E-state index in [4.69, 9.17) is 28.4 Å². The van der Waals surface area contributed by atoms with E-state index in [-0.39, 0.29) is 18.9 Å². The van der Waals surface area contributed by atoms with Gasteiger partial charge in [-0.3, -0.25) is 4.79 Å². The third-order valence-electron chi connectivity index (χ3n) is 17.2. The lowest BCUT2D eigenvalue weighted by Crippen LogP contribution is -2.66. The number of carbonyl (C=O) groups excluding carboxylic acids is 1. The SMILES string of the molecule is CCCCCCCCCCCCCCCCCCCCCC(=O)NC(COC1OC(CO)C(OC2OC(CO)C(OC3OC(CO)C(O)C(O)C3O)C(O)C2O)C(O)C1O)C(O)CCCCCCCCCCCCCCCCCCCC. The summed E-state index contributed by atoms with van der Waals surface area (Å²) in [6.07, 6.45) is 20.3. The first-order valence-electron chi connectivity index (χ1n) is 33.3. The van der Waals surface area contributed by atoms with Crippen LogP contribution in [0.1, 0.15) is 264 Å². The number of aliphatic hydroxyl groups is 11. The van der Waals surface area contributed by atoms with Crippen molar-refractivity contribution in [2.45, 2.75) is 369 Å². The van der Waals surface area contributed by atoms with Gasteiger partial charge in [0.1, 0.15) is 73.2 Å². The normalized spacial score (nSPS) is 29.5. The van der Waals surface area contributed by atoms with Crippen LogP contribution in [0.25, 0.3) is 0 Å². The Hall–Kier alpha value is -1.21. The van der Waals surface area contributed by atoms with Gasteiger partial charge >= 0.3 is 0 Å². The van der Waals surface area contributed by atoms with Crippen molar-refractivity contribution < 1.29 is 89.4 Å². The van der Waals surface area contributed by atoms with E-state index in [0.29, 0.717) is 12.8 Å². The van der Waals surface area contributed by atoms with E-state index in [2.05, 4.69) is 19.2 Å². The Labute approximate surface area is 493 Å². The van der Waals surface area contributed by atoms with Gasteiger partial charge in [0.05, 0.1) is 38.6 Å². The molecule has 12 N–H and O–H groups in total. The average Bonchev–Trinajstić information content (AvgIpc) is 3.39. The van der Waals surface area contributed by atoms with Crippen LogP contribution in [0.2, 0.25) is 0 Å². The molecule has 19 heteroatoms. The number of nitrogens with one attached hydrogen (secondary N) is 1. The van der Waals surface area contributed by atoms with E-state index in [1.54, 1.807) is 0 Å². The lowest BCUT2D eigenvalue weighted by molar-refractivity contribution is -0.379. The van der Waals surface area contributed by atoms with Crippen LogP contribution in [0.3, 0.4) is 0 Å². The summed E-state index contributed by atoms with van der Waals surface area (Å²) in [6, 6.07) is -0.881. The van der Waals surface area contributed by atoms with Gasteiger partial charge in [0.15, 0.2) is 18.9 Å². The molecule has 0 aromatic rings. The van der Waals surface area contributed by atoms with Crippen LogP contribution in [0, 0.1) is 0 Å². The molecule has 3 rings (SSSR count). The highest BCUT2D eigenvalue weighted by atomic mass is 16.8. The summed E-state index contributed by atoms with van der Waals surface area (Å²) in [6.45, 7) is 1.83. The summed E-state index contributed by atoms with van der Waals surface area (Å²) < 4.78 is 34.4. The van der Waals surface area contributed by atoms with Gasteiger partial charge < -0.3 is 89.9 Å². The van der Waals surface area contributed by atoms with Crippen molar-refractivity contribution in [1.29, 1.82) is 0 Å². The van der Waals surface area contributed by atoms with Crippen molar-refractivity contribution in [3.63, 3.8) is 0 Å². The molecule has 3 aliphatic rings. The van der Waals surface area contributed by atoms with E-state index in [1.807, 2.05) is 0 Å². The molecule has 486 valence electrons. The second-order valence-corrected chi connectivity index (χ2v) is 24.3. The minimum absolute atomic E-state index is 0.237. The van der Waals surface area contributed by atoms with Gasteiger partial charge in [0.25, 0.3) is 0 Å². The Kier molecular flexibility index (Phi) is 42.9. The van der Waals surface area contributed by atoms with Gasteiger partial charge in [-0.15, -0.1) is 0 Å². The predicted molar refractivity (Wildman–Crippen MR) is 314 cm³/mol. The molecule has 0 aromatic heterocycles. The molecule has 0 spiro atoms. The zero-order valence-electron chi connectivity index (χ0n) is 51.0. The Morgan fingerprint density at radius 1 is 0.390 bits per heavy atom. The van der Waals surface area contributed by atoms with Crippen molar-refractivity contribution in [2.24, 2.45) is 0 Å². The van der Waals surface area contributed by atoms with Gasteiger partial charge in [-0.25, -0.2) is 0 Å². The molecule has 17 atom stereocenters. The molecule has 3 aliphatic heterocycles. The first kappa shape index (κ1) is 75.0. The number of hydrogen-bond donors (Lipinski definition) is 12. The lowest BCUT2D eigenvalue weighted by Gasteiger charge is -2.48. The highest BCUT2D eigenvalue weighted by molar-refractivity contribution is 5.76. The van der Waals surface area contributed by atoms with Crippen LogP contribution in [-0.4, -0.2) is 193 Å². The molecule has 0 aliphatic carbocycles. The Morgan fingerprint density at radius 2 is 0.695 bits per heavy atom. The number of carbonyl (C=O) groups is 1. The first-order chi connectivity index (χ1) is 39.8. The zero-order chi connectivity index (χ0) is 59.7. The van der Waals surface area contributed by atoms with Gasteiger partial charge in [0, 0.05) is 6.42 Å². The fourth-order valence-electron chi connectivity index (χ4n) is 11.7. The Bertz CT molecular complexity index is 1500. The smallest absolute Gasteiger partial charge is 0.220 e. The Balaban J connectivity index is 1.46. The molecule has 3 fully saturated rings. The summed E-state index contributed by atoms with van der Waals surface area (Å²) in [5.41, 5.74) is 0. The van der Waals surface area contributed by atoms with Crippen LogP contribution in [0.15, 0.2) is 0 Å². The third-order valence-corrected chi connectivity index (χ3v) is 17.2. The number of hydrogen-bond acceptors (Lipinski definition) is 18. The van der Waals surface area contributed by atoms with Crippen molar-refractivity contribution >= 4 is 5.91 Å². The number of unbranched alkanes of at least 4 members (excludes halogenated alkanes) is 35. The number of rotatable bonds is 51. The quantitative estimate of drug-likeness (QED) is 0.0262. The second kappa shape index (κ2) is 46.9. The van der Waals surface area contributed by atoms with Crippen molar-refractivity contribution in [1.82, 2.24) is 5.32 Å². The molecule has 0 saturated carbocycles. The third kappa shape index (κ3) is 29.7. The maximum Gasteiger partial charge on any atom is 0.220 e. The average molecular weight is 1180 g/mol. The zero-order valence-corrected chi connectivity index (χ0v) is 51.0. The van der Waals surface area contributed by atoms with E-state index >= 15 is 0 Å². The van der Waals surface area contributed by atoms with Gasteiger partial charge in [-0.1, -0.05) is 245 Å². The highest BCUT2D eigenvalue weighted by Crippen LogP contribution is 2.33. The minimum atomic E-state index is -1.97. The van der Waals surface area contributed by atoms with Crippen molar-refractivity contribution in [2.75, 3.05) is 26.4 Å². The maximum atomic E-state index is 13.4. The number of ether oxygens (including phenoxy) is 6. The summed E-state index contributed by atoms with van der Waals surface area (Å²) in [4.78, 5) is 13.4. The molecule has 0 radical (unpaired) electrons. The number of aliphatic hydroxyl groups excluding tert-OH is 11. The summed E-state index contributed by atoms with van der Waals surface area (Å²) in [5, 5.41) is 121. The summed E-state index contributed by atoms with van der Waals surface area (Å²) in [7, 11) is 0. The molecule has 3 heterocycles. The van der Waals surface area contributed by atoms with Gasteiger partial charge in [-0.2, -0.15) is 0 Å². The van der Waals surface area contributed by atoms with E-state index in [1.165, 1.54) is 186 Å². The molecule has 0 bridgehead atoms. The van der Waals surface area contributed by atoms with Crippen LogP contribution in [-0.2, 0) is 33.2 Å². The Morgan fingerprint density at radius 3 is 1.06 bits per heavy atom. The molecular weight excluding hydrogens is 1060 g/mol. The van der Waals surface area contributed by atoms with Crippen molar-refractivity contribution in [3.05, 3.63) is 0 Å². The molecule has 19 nitrogen and oxygen atoms in total. The molecule has 0 aromatic carbocycles. The van der Waals surface area contributed by atoms with Crippen LogP contribution in [0.5, 0.6) is 0 Å². The van der Waals surface area contributed by atoms with Crippen molar-refractivity contribution in [3.8, 4) is 0 Å². The van der Waals surface area contributed by atoms with Gasteiger partial charge in [-0.05, 0) is 12.8 Å². The monoisotopic (exact) mass is 1180 g/mol. The van der Waals surface area contributed by atoms with Gasteiger partial charge in [0.2, 0.25) is 5.91 Å². The second-order valence-electron chi connectivity index (χ2n) is 24.3. The standard InChI is InChI=1S/C63H121NO18/c1-3-5-7-9-11-13-15-17-19-21-23-25-27-29-31-33-35-37-39-41-51(69)64-46(47(68)40-38-36-34-32-30-28-26-24-22-20-18-16-14-12-10-8-6-4-2)45-77-61-57(75)54(72)59(49(43-66)79-61)82-63-58(76)55(73)60(50(44-67)80-63)81-62-56(74)53(71)52(70)48(42-65)78-62/h46-50,52-63,65-68,70-76H,3-45H2,1-2H3,(H,64,69). The summed E-state index contributed by atoms with van der Waals surface area (Å²) >= 11 is 0. The largest absolute Gasteiger partial charge is 0.394 e. The van der Waals surface area contributed by atoms with E-state index < -0.39 is 124 Å². The van der Waals surface area contributed by atoms with Crippen LogP contribution >= 0.6 is 0 Å². The van der Waals surface area contributed by atoms with E-state index in [9.17, 15) is 61.0 Å². The highest BCUT2D eigenvalue weighted by Gasteiger charge is 2.53. The fourth-order valence-corrected chi connectivity index (χ4v) is 11.7. The fraction of sp³-hybridized carbons (Fsp3) is 0.984. The topological polar surface area (TPSA) is 307 Å². The molecule has 82 heavy (non-hydrogen) atoms. The maximum absolute atomic E-state index is 13.4. The lowest BCUT2D eigenvalue weighted by atomic mass is 9.96. The number of amides is 1. The molecule has 1 amide bonds. The van der Waals surface area contributed by atoms with Crippen LogP contribution < -0.4 is 5.32 Å². The predicted octanol–water partition coefficient (Wildman–Crippen LogP) is 7.55. The van der Waals surface area contributed by atoms with Crippen LogP contribution in [0.4, 0.5) is 0 Å².